The van der Waals surface area contributed by atoms with Crippen LogP contribution in [0.15, 0.2) is 11.8 Å². The van der Waals surface area contributed by atoms with Gasteiger partial charge in [-0.2, -0.15) is 26.3 Å². The molecule has 0 atom stereocenters. The van der Waals surface area contributed by atoms with E-state index in [0.717, 1.165) is 0 Å². The molecule has 0 N–H and O–H groups in total. The van der Waals surface area contributed by atoms with Crippen molar-refractivity contribution in [2.24, 2.45) is 0 Å². The summed E-state index contributed by atoms with van der Waals surface area (Å²) in [6, 6.07) is 0. The fourth-order valence-electron chi connectivity index (χ4n) is 0.754. The van der Waals surface area contributed by atoms with Gasteiger partial charge in [-0.15, -0.1) is 0 Å². The van der Waals surface area contributed by atoms with Gasteiger partial charge in [0.2, 0.25) is 8.32 Å². The van der Waals surface area contributed by atoms with E-state index < -0.39 is 32.8 Å². The molecule has 0 aromatic rings. The van der Waals surface area contributed by atoms with Crippen LogP contribution < -0.4 is 0 Å². The molecule has 0 aliphatic carbocycles. The molecule has 0 heterocycles. The second kappa shape index (κ2) is 4.68. The van der Waals surface area contributed by atoms with Crippen LogP contribution >= 0.6 is 0 Å². The topological polar surface area (TPSA) is 9.23 Å². The van der Waals surface area contributed by atoms with Gasteiger partial charge in [0.25, 0.3) is 0 Å². The van der Waals surface area contributed by atoms with Gasteiger partial charge < -0.3 is 4.43 Å². The van der Waals surface area contributed by atoms with Crippen molar-refractivity contribution in [1.29, 1.82) is 0 Å². The molecule has 0 saturated heterocycles. The normalized spacial score (nSPS) is 15.2. The Morgan fingerprint density at radius 1 is 1.06 bits per heavy atom. The summed E-state index contributed by atoms with van der Waals surface area (Å²) in [7, 11) is -2.58. The van der Waals surface area contributed by atoms with Crippen molar-refractivity contribution in [3.63, 3.8) is 0 Å². The molecule has 0 aromatic carbocycles. The molecule has 96 valence electrons. The van der Waals surface area contributed by atoms with E-state index in [2.05, 4.69) is 4.43 Å². The van der Waals surface area contributed by atoms with E-state index in [-0.39, 0.29) is 6.08 Å². The van der Waals surface area contributed by atoms with Gasteiger partial charge in [0, 0.05) is 0 Å². The second-order valence-corrected chi connectivity index (χ2v) is 8.53. The van der Waals surface area contributed by atoms with Crippen molar-refractivity contribution in [2.45, 2.75) is 38.4 Å². The van der Waals surface area contributed by atoms with Crippen molar-refractivity contribution in [1.82, 2.24) is 0 Å². The lowest BCUT2D eigenvalue weighted by Crippen LogP contribution is -2.30. The highest BCUT2D eigenvalue weighted by Crippen LogP contribution is 2.31. The molecule has 0 aliphatic rings. The fraction of sp³-hybridized carbons (Fsp3) is 0.750. The van der Waals surface area contributed by atoms with E-state index in [9.17, 15) is 26.3 Å². The van der Waals surface area contributed by atoms with Crippen LogP contribution in [0.25, 0.3) is 0 Å². The zero-order chi connectivity index (χ0) is 13.2. The Morgan fingerprint density at radius 3 is 1.75 bits per heavy atom. The Bertz CT molecular complexity index is 259. The van der Waals surface area contributed by atoms with Crippen LogP contribution in [0.3, 0.4) is 0 Å². The highest BCUT2D eigenvalue weighted by atomic mass is 28.4. The number of halogens is 6. The van der Waals surface area contributed by atoms with Crippen LogP contribution in [0, 0.1) is 0 Å². The fourth-order valence-corrected chi connectivity index (χ4v) is 1.61. The Balaban J connectivity index is 4.84. The molecule has 0 rings (SSSR count). The van der Waals surface area contributed by atoms with Gasteiger partial charge in [-0.1, -0.05) is 0 Å². The highest BCUT2D eigenvalue weighted by molar-refractivity contribution is 6.70. The van der Waals surface area contributed by atoms with Crippen LogP contribution in [-0.2, 0) is 4.43 Å². The molecule has 8 heteroatoms. The lowest BCUT2D eigenvalue weighted by Gasteiger charge is -2.23. The van der Waals surface area contributed by atoms with E-state index in [1.807, 2.05) is 0 Å². The zero-order valence-electron chi connectivity index (χ0n) is 8.96. The molecule has 0 aromatic heterocycles. The molecule has 0 radical (unpaired) electrons. The van der Waals surface area contributed by atoms with Crippen molar-refractivity contribution in [3.05, 3.63) is 11.8 Å². The third-order valence-electron chi connectivity index (χ3n) is 1.21. The lowest BCUT2D eigenvalue weighted by molar-refractivity contribution is -0.131. The molecular weight excluding hydrogens is 254 g/mol. The Labute approximate surface area is 90.2 Å². The van der Waals surface area contributed by atoms with Crippen molar-refractivity contribution in [3.8, 4) is 0 Å². The maximum absolute atomic E-state index is 12.3. The van der Waals surface area contributed by atoms with Crippen molar-refractivity contribution in [2.75, 3.05) is 0 Å². The molecule has 0 saturated carbocycles. The van der Waals surface area contributed by atoms with E-state index in [1.54, 1.807) is 0 Å². The second-order valence-electron chi connectivity index (χ2n) is 4.10. The molecular formula is C8H12F6OSi. The first-order valence-electron chi connectivity index (χ1n) is 4.34. The Morgan fingerprint density at radius 2 is 1.50 bits per heavy atom. The smallest absolute Gasteiger partial charge is 0.447 e. The molecule has 0 unspecified atom stereocenters. The lowest BCUT2D eigenvalue weighted by atomic mass is 10.3. The van der Waals surface area contributed by atoms with Crippen LogP contribution in [0.1, 0.15) is 6.42 Å². The third-order valence-corrected chi connectivity index (χ3v) is 2.05. The Kier molecular flexibility index (Phi) is 4.49. The van der Waals surface area contributed by atoms with Gasteiger partial charge in [-0.25, -0.2) is 0 Å². The minimum atomic E-state index is -4.88. The summed E-state index contributed by atoms with van der Waals surface area (Å²) in [5.74, 6) is -1.55. The quantitative estimate of drug-likeness (QED) is 0.422. The monoisotopic (exact) mass is 266 g/mol. The summed E-state index contributed by atoms with van der Waals surface area (Å²) in [5, 5.41) is 0. The maximum atomic E-state index is 12.3. The summed E-state index contributed by atoms with van der Waals surface area (Å²) < 4.78 is 76.8. The number of allylic oxidation sites excluding steroid dienone is 2. The standard InChI is InChI=1S/C8H12F6OSi/c1-16(2,3)15-6(8(12,13)14)4-5-7(9,10)11/h4H,5H2,1-3H3. The summed E-state index contributed by atoms with van der Waals surface area (Å²) in [5.41, 5.74) is 0. The number of hydrogen-bond donors (Lipinski definition) is 0. The number of hydrogen-bond acceptors (Lipinski definition) is 1. The number of alkyl halides is 6. The minimum absolute atomic E-state index is 0.0399. The molecule has 1 nitrogen and oxygen atoms in total. The van der Waals surface area contributed by atoms with Gasteiger partial charge in [0.15, 0.2) is 5.76 Å². The first-order chi connectivity index (χ1) is 6.81. The average molecular weight is 266 g/mol. The zero-order valence-corrected chi connectivity index (χ0v) is 9.96. The van der Waals surface area contributed by atoms with E-state index in [1.165, 1.54) is 19.6 Å². The van der Waals surface area contributed by atoms with E-state index in [0.29, 0.717) is 0 Å². The first kappa shape index (κ1) is 15.3. The molecule has 0 amide bonds. The SMILES string of the molecule is C[Si](C)(C)OC(=CCC(F)(F)F)C(F)(F)F. The van der Waals surface area contributed by atoms with Crippen molar-refractivity contribution >= 4 is 8.32 Å². The van der Waals surface area contributed by atoms with Crippen LogP contribution in [0.4, 0.5) is 26.3 Å². The highest BCUT2D eigenvalue weighted by Gasteiger charge is 2.39. The predicted molar refractivity (Wildman–Crippen MR) is 49.2 cm³/mol. The molecule has 0 aliphatic heterocycles. The molecule has 16 heavy (non-hydrogen) atoms. The van der Waals surface area contributed by atoms with Gasteiger partial charge in [0.1, 0.15) is 0 Å². The Hall–Kier alpha value is -0.663. The average Bonchev–Trinajstić information content (AvgIpc) is 1.91. The summed E-state index contributed by atoms with van der Waals surface area (Å²) >= 11 is 0. The minimum Gasteiger partial charge on any atom is -0.541 e. The van der Waals surface area contributed by atoms with Gasteiger partial charge in [-0.05, 0) is 25.7 Å². The largest absolute Gasteiger partial charge is 0.541 e. The third kappa shape index (κ3) is 7.61. The molecule has 0 fully saturated rings. The number of rotatable bonds is 3. The van der Waals surface area contributed by atoms with E-state index >= 15 is 0 Å². The van der Waals surface area contributed by atoms with Crippen LogP contribution in [0.2, 0.25) is 19.6 Å². The van der Waals surface area contributed by atoms with E-state index in [4.69, 9.17) is 0 Å². The van der Waals surface area contributed by atoms with Crippen molar-refractivity contribution < 1.29 is 30.8 Å². The molecule has 0 spiro atoms. The van der Waals surface area contributed by atoms with Gasteiger partial charge >= 0.3 is 12.4 Å². The van der Waals surface area contributed by atoms with Gasteiger partial charge in [0.05, 0.1) is 6.42 Å². The summed E-state index contributed by atoms with van der Waals surface area (Å²) in [4.78, 5) is 0. The molecule has 0 bridgehead atoms. The first-order valence-corrected chi connectivity index (χ1v) is 7.75. The van der Waals surface area contributed by atoms with Gasteiger partial charge in [-0.3, -0.25) is 0 Å². The van der Waals surface area contributed by atoms with Crippen LogP contribution in [0.5, 0.6) is 0 Å². The van der Waals surface area contributed by atoms with Crippen LogP contribution in [-0.4, -0.2) is 20.7 Å². The predicted octanol–water partition coefficient (Wildman–Crippen LogP) is 4.24. The summed E-state index contributed by atoms with van der Waals surface area (Å²) in [6.07, 6.45) is -11.2. The summed E-state index contributed by atoms with van der Waals surface area (Å²) in [6.45, 7) is 4.38. The maximum Gasteiger partial charge on any atom is 0.447 e.